The van der Waals surface area contributed by atoms with Crippen LogP contribution in [0.1, 0.15) is 31.4 Å². The van der Waals surface area contributed by atoms with E-state index in [0.29, 0.717) is 6.42 Å². The van der Waals surface area contributed by atoms with Crippen LogP contribution in [0.25, 0.3) is 0 Å². The maximum Gasteiger partial charge on any atom is 0.310 e. The van der Waals surface area contributed by atoms with Gasteiger partial charge in [-0.3, -0.25) is 14.4 Å². The van der Waals surface area contributed by atoms with E-state index in [0.717, 1.165) is 16.8 Å². The number of carbonyl (C=O) groups excluding carboxylic acids is 3. The number of benzene rings is 1. The molecule has 5 atom stereocenters. The highest BCUT2D eigenvalue weighted by molar-refractivity contribution is 6.02. The average molecular weight is 429 g/mol. The van der Waals surface area contributed by atoms with Gasteiger partial charge in [-0.05, 0) is 44.2 Å². The van der Waals surface area contributed by atoms with E-state index in [1.165, 1.54) is 4.90 Å². The quantitative estimate of drug-likeness (QED) is 0.514. The van der Waals surface area contributed by atoms with Crippen molar-refractivity contribution < 1.29 is 24.2 Å². The molecule has 1 aromatic rings. The molecule has 0 saturated carbocycles. The van der Waals surface area contributed by atoms with Crippen LogP contribution >= 0.6 is 0 Å². The molecule has 1 fully saturated rings. The second-order valence-electron chi connectivity index (χ2n) is 8.43. The van der Waals surface area contributed by atoms with Crippen molar-refractivity contribution in [3.63, 3.8) is 0 Å². The van der Waals surface area contributed by atoms with Crippen molar-refractivity contribution >= 4 is 23.5 Å². The van der Waals surface area contributed by atoms with Crippen LogP contribution in [-0.2, 0) is 19.1 Å². The number of amides is 2. The Morgan fingerprint density at radius 3 is 2.48 bits per heavy atom. The molecule has 3 rings (SSSR count). The van der Waals surface area contributed by atoms with E-state index in [9.17, 15) is 19.5 Å². The number of aliphatic hydroxyl groups is 1. The fourth-order valence-corrected chi connectivity index (χ4v) is 4.88. The van der Waals surface area contributed by atoms with Gasteiger partial charge in [0.25, 0.3) is 0 Å². The predicted molar refractivity (Wildman–Crippen MR) is 117 cm³/mol. The Balaban J connectivity index is 1.97. The molecule has 1 heterocycles. The summed E-state index contributed by atoms with van der Waals surface area (Å²) in [5.41, 5.74) is 2.61. The molecule has 168 valence electrons. The zero-order chi connectivity index (χ0) is 22.7. The first kappa shape index (κ1) is 23.0. The lowest BCUT2D eigenvalue weighted by Gasteiger charge is -2.32. The summed E-state index contributed by atoms with van der Waals surface area (Å²) in [5.74, 6) is -2.78. The second kappa shape index (κ2) is 9.64. The van der Waals surface area contributed by atoms with Crippen LogP contribution < -0.4 is 5.32 Å². The molecular formula is C24H32N2O5. The Hall–Kier alpha value is -2.67. The number of nitrogens with one attached hydrogen (secondary N) is 1. The van der Waals surface area contributed by atoms with Gasteiger partial charge in [-0.25, -0.2) is 0 Å². The van der Waals surface area contributed by atoms with Gasteiger partial charge in [0, 0.05) is 24.8 Å². The first-order chi connectivity index (χ1) is 14.8. The fourth-order valence-electron chi connectivity index (χ4n) is 4.88. The monoisotopic (exact) mass is 428 g/mol. The first-order valence-corrected chi connectivity index (χ1v) is 10.9. The number of likely N-dealkylation sites (tertiary alicyclic amines) is 1. The Morgan fingerprint density at radius 1 is 1.19 bits per heavy atom. The van der Waals surface area contributed by atoms with Crippen LogP contribution in [0.3, 0.4) is 0 Å². The Labute approximate surface area is 183 Å². The van der Waals surface area contributed by atoms with E-state index in [-0.39, 0.29) is 37.5 Å². The smallest absolute Gasteiger partial charge is 0.310 e. The number of para-hydroxylation sites is 1. The predicted octanol–water partition coefficient (Wildman–Crippen LogP) is 2.45. The molecule has 0 aromatic heterocycles. The number of rotatable bonds is 7. The molecule has 2 N–H and O–H groups in total. The topological polar surface area (TPSA) is 95.9 Å². The molecule has 1 saturated heterocycles. The van der Waals surface area contributed by atoms with E-state index < -0.39 is 29.8 Å². The number of esters is 1. The second-order valence-corrected chi connectivity index (χ2v) is 8.43. The third-order valence-electron chi connectivity index (χ3n) is 6.39. The molecular weight excluding hydrogens is 396 g/mol. The molecule has 2 aliphatic rings. The lowest BCUT2D eigenvalue weighted by atomic mass is 9.70. The van der Waals surface area contributed by atoms with Gasteiger partial charge in [0.05, 0.1) is 18.4 Å². The average Bonchev–Trinajstić information content (AvgIpc) is 3.01. The molecule has 1 aliphatic heterocycles. The van der Waals surface area contributed by atoms with Crippen molar-refractivity contribution in [3.8, 4) is 0 Å². The van der Waals surface area contributed by atoms with Crippen LogP contribution in [0.5, 0.6) is 0 Å². The molecule has 0 bridgehead atoms. The van der Waals surface area contributed by atoms with E-state index in [1.54, 1.807) is 6.92 Å². The summed E-state index contributed by atoms with van der Waals surface area (Å²) in [5, 5.41) is 12.3. The van der Waals surface area contributed by atoms with Crippen LogP contribution in [0, 0.1) is 37.5 Å². The number of ether oxygens (including phenoxy) is 1. The molecule has 0 unspecified atom stereocenters. The van der Waals surface area contributed by atoms with Crippen LogP contribution in [0.2, 0.25) is 0 Å². The molecule has 1 aliphatic carbocycles. The van der Waals surface area contributed by atoms with Crippen LogP contribution in [0.15, 0.2) is 30.4 Å². The SMILES string of the molecule is CCOC(=O)[C@H]1[C@@H]2C(=O)N(CCCO)[C@H](C(=O)Nc3c(C)cccc3C)[C@H]2C=C[C@H]1C. The van der Waals surface area contributed by atoms with Gasteiger partial charge in [0.15, 0.2) is 0 Å². The van der Waals surface area contributed by atoms with Crippen molar-refractivity contribution in [3.05, 3.63) is 41.5 Å². The number of nitrogens with zero attached hydrogens (tertiary/aromatic N) is 1. The third kappa shape index (κ3) is 4.37. The molecule has 1 aromatic carbocycles. The number of fused-ring (bicyclic) bond motifs is 1. The Kier molecular flexibility index (Phi) is 7.15. The summed E-state index contributed by atoms with van der Waals surface area (Å²) >= 11 is 0. The summed E-state index contributed by atoms with van der Waals surface area (Å²) in [6, 6.07) is 5.03. The minimum Gasteiger partial charge on any atom is -0.466 e. The third-order valence-corrected chi connectivity index (χ3v) is 6.39. The molecule has 0 spiro atoms. The maximum atomic E-state index is 13.5. The zero-order valence-corrected chi connectivity index (χ0v) is 18.6. The van der Waals surface area contributed by atoms with Crippen LogP contribution in [0.4, 0.5) is 5.69 Å². The number of aliphatic hydroxyl groups excluding tert-OH is 1. The number of hydrogen-bond donors (Lipinski definition) is 2. The highest BCUT2D eigenvalue weighted by Crippen LogP contribution is 2.44. The number of hydrogen-bond acceptors (Lipinski definition) is 5. The van der Waals surface area contributed by atoms with E-state index in [2.05, 4.69) is 5.32 Å². The number of anilines is 1. The fraction of sp³-hybridized carbons (Fsp3) is 0.542. The normalized spacial score (nSPS) is 27.2. The standard InChI is InChI=1S/C24H32N2O5/c1-5-31-24(30)18-14(2)10-11-17-19(18)23(29)26(12-7-13-27)21(17)22(28)25-20-15(3)8-6-9-16(20)4/h6,8-11,14,17-19,21,27H,5,7,12-13H2,1-4H3,(H,25,28)/t14-,17+,18-,19-,21+/m1/s1. The molecule has 7 heteroatoms. The zero-order valence-electron chi connectivity index (χ0n) is 18.6. The van der Waals surface area contributed by atoms with E-state index >= 15 is 0 Å². The van der Waals surface area contributed by atoms with E-state index in [4.69, 9.17) is 4.74 Å². The summed E-state index contributed by atoms with van der Waals surface area (Å²) in [6.45, 7) is 7.89. The largest absolute Gasteiger partial charge is 0.466 e. The van der Waals surface area contributed by atoms with Crippen LogP contribution in [-0.4, -0.2) is 53.6 Å². The summed E-state index contributed by atoms with van der Waals surface area (Å²) in [6.07, 6.45) is 4.17. The summed E-state index contributed by atoms with van der Waals surface area (Å²) < 4.78 is 5.26. The van der Waals surface area contributed by atoms with Gasteiger partial charge in [-0.2, -0.15) is 0 Å². The van der Waals surface area contributed by atoms with Crippen molar-refractivity contribution in [2.24, 2.45) is 23.7 Å². The van der Waals surface area contributed by atoms with E-state index in [1.807, 2.05) is 51.1 Å². The Morgan fingerprint density at radius 2 is 1.87 bits per heavy atom. The number of carbonyl (C=O) groups is 3. The summed E-state index contributed by atoms with van der Waals surface area (Å²) in [7, 11) is 0. The molecule has 2 amide bonds. The summed E-state index contributed by atoms with van der Waals surface area (Å²) in [4.78, 5) is 41.1. The number of allylic oxidation sites excluding steroid dienone is 1. The first-order valence-electron chi connectivity index (χ1n) is 10.9. The van der Waals surface area contributed by atoms with Crippen molar-refractivity contribution in [1.82, 2.24) is 4.90 Å². The minimum atomic E-state index is -0.747. The van der Waals surface area contributed by atoms with Gasteiger partial charge in [0.1, 0.15) is 6.04 Å². The van der Waals surface area contributed by atoms with Gasteiger partial charge >= 0.3 is 5.97 Å². The molecule has 7 nitrogen and oxygen atoms in total. The van der Waals surface area contributed by atoms with Crippen molar-refractivity contribution in [1.29, 1.82) is 0 Å². The lowest BCUT2D eigenvalue weighted by Crippen LogP contribution is -2.45. The van der Waals surface area contributed by atoms with Gasteiger partial charge in [0.2, 0.25) is 11.8 Å². The lowest BCUT2D eigenvalue weighted by molar-refractivity contribution is -0.155. The highest BCUT2D eigenvalue weighted by Gasteiger charge is 2.56. The molecule has 0 radical (unpaired) electrons. The van der Waals surface area contributed by atoms with Crippen molar-refractivity contribution in [2.75, 3.05) is 25.1 Å². The molecule has 31 heavy (non-hydrogen) atoms. The van der Waals surface area contributed by atoms with Gasteiger partial charge in [-0.15, -0.1) is 0 Å². The van der Waals surface area contributed by atoms with Crippen molar-refractivity contribution in [2.45, 2.75) is 40.2 Å². The Bertz CT molecular complexity index is 860. The highest BCUT2D eigenvalue weighted by atomic mass is 16.5. The number of aryl methyl sites for hydroxylation is 2. The maximum absolute atomic E-state index is 13.5. The van der Waals surface area contributed by atoms with Gasteiger partial charge in [-0.1, -0.05) is 37.3 Å². The van der Waals surface area contributed by atoms with Gasteiger partial charge < -0.3 is 20.1 Å². The minimum absolute atomic E-state index is 0.0854.